The van der Waals surface area contributed by atoms with Crippen molar-refractivity contribution in [1.29, 1.82) is 0 Å². The second-order valence-electron chi connectivity index (χ2n) is 10.4. The Bertz CT molecular complexity index is 1420. The number of carbonyl (C=O) groups excluding carboxylic acids is 2. The topological polar surface area (TPSA) is 76.1 Å². The molecule has 1 unspecified atom stereocenters. The molecular formula is C31H31Cl2NO5. The Hall–Kier alpha value is -3.48. The van der Waals surface area contributed by atoms with Crippen LogP contribution in [0.3, 0.4) is 0 Å². The number of benzene rings is 3. The minimum absolute atomic E-state index is 0.0400. The number of halogens is 2. The van der Waals surface area contributed by atoms with E-state index in [1.165, 1.54) is 24.1 Å². The average Bonchev–Trinajstić information content (AvgIpc) is 3.13. The van der Waals surface area contributed by atoms with Crippen molar-refractivity contribution in [2.45, 2.75) is 45.7 Å². The maximum absolute atomic E-state index is 13.5. The summed E-state index contributed by atoms with van der Waals surface area (Å²) >= 11 is 12.6. The van der Waals surface area contributed by atoms with Crippen molar-refractivity contribution >= 4 is 40.7 Å². The number of likely N-dealkylation sites (tertiary alicyclic amines) is 1. The first kappa shape index (κ1) is 28.5. The van der Waals surface area contributed by atoms with E-state index in [0.29, 0.717) is 17.9 Å². The van der Waals surface area contributed by atoms with E-state index in [1.54, 1.807) is 0 Å². The van der Waals surface area contributed by atoms with Gasteiger partial charge in [-0.05, 0) is 53.3 Å². The molecule has 4 rings (SSSR count). The van der Waals surface area contributed by atoms with Gasteiger partial charge >= 0.3 is 0 Å². The molecule has 3 aromatic carbocycles. The number of Topliss-reactive ketones (excluding diaryl/α,β-unsaturated/α-hetero) is 1. The molecule has 0 spiro atoms. The zero-order valence-electron chi connectivity index (χ0n) is 22.5. The number of carbonyl (C=O) groups is 2. The van der Waals surface area contributed by atoms with E-state index in [9.17, 15) is 14.7 Å². The van der Waals surface area contributed by atoms with Crippen LogP contribution in [0.2, 0.25) is 10.0 Å². The van der Waals surface area contributed by atoms with Crippen molar-refractivity contribution in [3.8, 4) is 11.5 Å². The largest absolute Gasteiger partial charge is 0.507 e. The lowest BCUT2D eigenvalue weighted by Gasteiger charge is -2.27. The van der Waals surface area contributed by atoms with Crippen LogP contribution in [0, 0.1) is 0 Å². The molecule has 0 bridgehead atoms. The summed E-state index contributed by atoms with van der Waals surface area (Å²) in [4.78, 5) is 28.4. The van der Waals surface area contributed by atoms with Crippen molar-refractivity contribution in [2.24, 2.45) is 0 Å². The molecule has 0 radical (unpaired) electrons. The van der Waals surface area contributed by atoms with Gasteiger partial charge in [0.15, 0.2) is 5.75 Å². The fourth-order valence-electron chi connectivity index (χ4n) is 4.70. The van der Waals surface area contributed by atoms with Crippen LogP contribution >= 0.6 is 23.2 Å². The van der Waals surface area contributed by atoms with Gasteiger partial charge in [0.1, 0.15) is 11.5 Å². The molecule has 1 amide bonds. The van der Waals surface area contributed by atoms with Crippen LogP contribution in [0.1, 0.15) is 56.0 Å². The summed E-state index contributed by atoms with van der Waals surface area (Å²) in [5, 5.41) is 11.8. The third-order valence-corrected chi connectivity index (χ3v) is 7.23. The Kier molecular flexibility index (Phi) is 8.28. The standard InChI is InChI=1S/C31H31Cl2NO5/c1-6-39-22-9-7-8-18(14-22)17-34-26(19-10-12-21(13-11-19)31(2,3)4)25(28(36)30(34)37)27(35)20-15-23(32)29(38-5)24(33)16-20/h7-16,26,35H,6,17H2,1-5H3/b27-25+. The van der Waals surface area contributed by atoms with Gasteiger partial charge < -0.3 is 19.5 Å². The molecule has 1 atom stereocenters. The van der Waals surface area contributed by atoms with Crippen LogP contribution in [-0.4, -0.2) is 35.4 Å². The van der Waals surface area contributed by atoms with E-state index in [0.717, 1.165) is 11.1 Å². The van der Waals surface area contributed by atoms with Crippen LogP contribution in [0.5, 0.6) is 11.5 Å². The summed E-state index contributed by atoms with van der Waals surface area (Å²) in [6, 6.07) is 17.2. The van der Waals surface area contributed by atoms with Gasteiger partial charge in [0, 0.05) is 12.1 Å². The second-order valence-corrected chi connectivity index (χ2v) is 11.2. The zero-order valence-corrected chi connectivity index (χ0v) is 24.1. The molecule has 39 heavy (non-hydrogen) atoms. The van der Waals surface area contributed by atoms with Crippen molar-refractivity contribution in [3.05, 3.63) is 98.5 Å². The third-order valence-electron chi connectivity index (χ3n) is 6.67. The number of hydrogen-bond donors (Lipinski definition) is 1. The first-order chi connectivity index (χ1) is 18.5. The third kappa shape index (κ3) is 5.77. The van der Waals surface area contributed by atoms with E-state index >= 15 is 0 Å². The Morgan fingerprint density at radius 1 is 1.00 bits per heavy atom. The molecule has 3 aromatic rings. The number of hydrogen-bond acceptors (Lipinski definition) is 5. The second kappa shape index (κ2) is 11.3. The molecule has 1 N–H and O–H groups in total. The molecule has 8 heteroatoms. The van der Waals surface area contributed by atoms with E-state index in [4.69, 9.17) is 32.7 Å². The van der Waals surface area contributed by atoms with Crippen LogP contribution in [0.15, 0.2) is 66.2 Å². The van der Waals surface area contributed by atoms with E-state index in [2.05, 4.69) is 20.8 Å². The maximum Gasteiger partial charge on any atom is 0.295 e. The van der Waals surface area contributed by atoms with Gasteiger partial charge in [-0.15, -0.1) is 0 Å². The molecule has 0 saturated carbocycles. The van der Waals surface area contributed by atoms with E-state index < -0.39 is 17.7 Å². The smallest absolute Gasteiger partial charge is 0.295 e. The summed E-state index contributed by atoms with van der Waals surface area (Å²) < 4.78 is 10.8. The normalized spacial score (nSPS) is 17.0. The highest BCUT2D eigenvalue weighted by molar-refractivity contribution is 6.46. The number of ketones is 1. The summed E-state index contributed by atoms with van der Waals surface area (Å²) in [6.07, 6.45) is 0. The number of aliphatic hydroxyl groups is 1. The Balaban J connectivity index is 1.87. The Morgan fingerprint density at radius 2 is 1.64 bits per heavy atom. The van der Waals surface area contributed by atoms with E-state index in [1.807, 2.05) is 55.5 Å². The van der Waals surface area contributed by atoms with Gasteiger partial charge in [0.2, 0.25) is 0 Å². The highest BCUT2D eigenvalue weighted by Gasteiger charge is 2.46. The minimum Gasteiger partial charge on any atom is -0.507 e. The maximum atomic E-state index is 13.5. The minimum atomic E-state index is -0.838. The SMILES string of the molecule is CCOc1cccc(CN2C(=O)C(=O)/C(=C(/O)c3cc(Cl)c(OC)c(Cl)c3)C2c2ccc(C(C)(C)C)cc2)c1. The summed E-state index contributed by atoms with van der Waals surface area (Å²) in [5.74, 6) is -0.954. The predicted octanol–water partition coefficient (Wildman–Crippen LogP) is 7.32. The molecule has 204 valence electrons. The monoisotopic (exact) mass is 567 g/mol. The molecule has 0 aromatic heterocycles. The van der Waals surface area contributed by atoms with Crippen LogP contribution < -0.4 is 9.47 Å². The number of nitrogens with zero attached hydrogens (tertiary/aromatic N) is 1. The van der Waals surface area contributed by atoms with Gasteiger partial charge in [-0.25, -0.2) is 0 Å². The molecule has 1 aliphatic heterocycles. The molecule has 1 saturated heterocycles. The number of aliphatic hydroxyl groups excluding tert-OH is 1. The number of rotatable bonds is 7. The Labute approximate surface area is 238 Å². The fourth-order valence-corrected chi connectivity index (χ4v) is 5.34. The first-order valence-corrected chi connectivity index (χ1v) is 13.4. The van der Waals surface area contributed by atoms with Crippen LogP contribution in [0.4, 0.5) is 0 Å². The van der Waals surface area contributed by atoms with Gasteiger partial charge in [-0.1, -0.05) is 80.4 Å². The van der Waals surface area contributed by atoms with Gasteiger partial charge in [-0.3, -0.25) is 9.59 Å². The molecule has 1 heterocycles. The summed E-state index contributed by atoms with van der Waals surface area (Å²) in [7, 11) is 1.43. The number of methoxy groups -OCH3 is 1. The van der Waals surface area contributed by atoms with Crippen molar-refractivity contribution in [2.75, 3.05) is 13.7 Å². The molecule has 0 aliphatic carbocycles. The quantitative estimate of drug-likeness (QED) is 0.184. The number of ether oxygens (including phenoxy) is 2. The lowest BCUT2D eigenvalue weighted by atomic mass is 9.85. The average molecular weight is 568 g/mol. The van der Waals surface area contributed by atoms with Crippen molar-refractivity contribution in [3.63, 3.8) is 0 Å². The van der Waals surface area contributed by atoms with Crippen LogP contribution in [-0.2, 0) is 21.5 Å². The zero-order chi connectivity index (χ0) is 28.5. The van der Waals surface area contributed by atoms with Crippen LogP contribution in [0.25, 0.3) is 5.76 Å². The molecule has 1 aliphatic rings. The highest BCUT2D eigenvalue weighted by Crippen LogP contribution is 2.43. The Morgan fingerprint density at radius 3 is 2.21 bits per heavy atom. The highest BCUT2D eigenvalue weighted by atomic mass is 35.5. The first-order valence-electron chi connectivity index (χ1n) is 12.6. The lowest BCUT2D eigenvalue weighted by Crippen LogP contribution is -2.29. The van der Waals surface area contributed by atoms with Gasteiger partial charge in [-0.2, -0.15) is 0 Å². The molecule has 6 nitrogen and oxygen atoms in total. The summed E-state index contributed by atoms with van der Waals surface area (Å²) in [6.45, 7) is 8.85. The number of amides is 1. The fraction of sp³-hybridized carbons (Fsp3) is 0.290. The summed E-state index contributed by atoms with van der Waals surface area (Å²) in [5.41, 5.74) is 2.66. The van der Waals surface area contributed by atoms with Crippen molar-refractivity contribution in [1.82, 2.24) is 4.90 Å². The molecule has 1 fully saturated rings. The van der Waals surface area contributed by atoms with E-state index in [-0.39, 0.29) is 44.7 Å². The predicted molar refractivity (Wildman–Crippen MR) is 154 cm³/mol. The van der Waals surface area contributed by atoms with Crippen molar-refractivity contribution < 1.29 is 24.2 Å². The molecular weight excluding hydrogens is 537 g/mol. The lowest BCUT2D eigenvalue weighted by molar-refractivity contribution is -0.140. The van der Waals surface area contributed by atoms with Gasteiger partial charge in [0.05, 0.1) is 35.4 Å². The van der Waals surface area contributed by atoms with Gasteiger partial charge in [0.25, 0.3) is 11.7 Å².